The number of halogens is 2. The van der Waals surface area contributed by atoms with Crippen molar-refractivity contribution in [1.29, 1.82) is 0 Å². The van der Waals surface area contributed by atoms with Crippen LogP contribution in [0.5, 0.6) is 5.75 Å². The smallest absolute Gasteiger partial charge is 0.287 e. The topological polar surface area (TPSA) is 83.0 Å². The second kappa shape index (κ2) is 13.8. The number of nitrogens with one attached hydrogen (secondary N) is 2. The van der Waals surface area contributed by atoms with Crippen molar-refractivity contribution in [3.63, 3.8) is 0 Å². The zero-order valence-corrected chi connectivity index (χ0v) is 24.0. The van der Waals surface area contributed by atoms with E-state index in [0.29, 0.717) is 16.9 Å². The van der Waals surface area contributed by atoms with E-state index < -0.39 is 11.8 Å². The van der Waals surface area contributed by atoms with Crippen LogP contribution in [-0.4, -0.2) is 38.2 Å². The SMILES string of the molecule is CCN(CC)c1ccc(C=C(NC(=O)c2ccccc2)C(=O)NN=Cc2cc(Br)cc(Br)c2OC)cc1. The standard InChI is InChI=1S/C28H28Br2N4O3/c1-4-34(5-2)23-13-11-19(12-14-23)15-25(32-27(35)20-9-7-6-8-10-20)28(36)33-31-18-21-16-22(29)17-24(30)26(21)37-3/h6-18H,4-5H2,1-3H3,(H,32,35)(H,33,36). The lowest BCUT2D eigenvalue weighted by atomic mass is 10.1. The molecule has 0 unspecified atom stereocenters. The summed E-state index contributed by atoms with van der Waals surface area (Å²) >= 11 is 6.88. The Kier molecular flexibility index (Phi) is 10.5. The van der Waals surface area contributed by atoms with Crippen LogP contribution in [0, 0.1) is 0 Å². The molecule has 2 amide bonds. The van der Waals surface area contributed by atoms with Crippen LogP contribution < -0.4 is 20.4 Å². The third-order valence-corrected chi connectivity index (χ3v) is 6.52. The van der Waals surface area contributed by atoms with Gasteiger partial charge in [0.05, 0.1) is 17.8 Å². The van der Waals surface area contributed by atoms with Crippen molar-refractivity contribution in [1.82, 2.24) is 10.7 Å². The average molecular weight is 628 g/mol. The van der Waals surface area contributed by atoms with Crippen LogP contribution >= 0.6 is 31.9 Å². The highest BCUT2D eigenvalue weighted by molar-refractivity contribution is 9.11. The van der Waals surface area contributed by atoms with Gasteiger partial charge in [-0.15, -0.1) is 0 Å². The van der Waals surface area contributed by atoms with E-state index in [4.69, 9.17) is 4.74 Å². The van der Waals surface area contributed by atoms with E-state index in [0.717, 1.165) is 33.3 Å². The Balaban J connectivity index is 1.86. The molecule has 2 N–H and O–H groups in total. The molecule has 0 saturated heterocycles. The molecule has 192 valence electrons. The summed E-state index contributed by atoms with van der Waals surface area (Å²) in [4.78, 5) is 28.1. The number of hydrogen-bond donors (Lipinski definition) is 2. The molecule has 9 heteroatoms. The normalized spacial score (nSPS) is 11.3. The summed E-state index contributed by atoms with van der Waals surface area (Å²) in [6, 6.07) is 20.2. The summed E-state index contributed by atoms with van der Waals surface area (Å²) in [7, 11) is 1.55. The van der Waals surface area contributed by atoms with Gasteiger partial charge in [-0.05, 0) is 77.8 Å². The van der Waals surface area contributed by atoms with Crippen LogP contribution in [0.15, 0.2) is 86.5 Å². The van der Waals surface area contributed by atoms with Crippen LogP contribution in [0.1, 0.15) is 35.3 Å². The third-order valence-electron chi connectivity index (χ3n) is 5.47. The number of carbonyl (C=O) groups is 2. The predicted molar refractivity (Wildman–Crippen MR) is 156 cm³/mol. The highest BCUT2D eigenvalue weighted by Crippen LogP contribution is 2.31. The average Bonchev–Trinajstić information content (AvgIpc) is 2.90. The van der Waals surface area contributed by atoms with Crippen molar-refractivity contribution in [3.8, 4) is 5.75 Å². The van der Waals surface area contributed by atoms with Gasteiger partial charge < -0.3 is 15.0 Å². The lowest BCUT2D eigenvalue weighted by Crippen LogP contribution is -2.32. The fraction of sp³-hybridized carbons (Fsp3) is 0.179. The first-order chi connectivity index (χ1) is 17.9. The Morgan fingerprint density at radius 1 is 1.00 bits per heavy atom. The Bertz CT molecular complexity index is 1290. The van der Waals surface area contributed by atoms with Gasteiger partial charge in [-0.25, -0.2) is 5.43 Å². The molecule has 0 aliphatic rings. The number of carbonyl (C=O) groups excluding carboxylic acids is 2. The van der Waals surface area contributed by atoms with Gasteiger partial charge in [0.2, 0.25) is 0 Å². The Morgan fingerprint density at radius 2 is 1.68 bits per heavy atom. The van der Waals surface area contributed by atoms with Crippen LogP contribution in [0.4, 0.5) is 5.69 Å². The Hall–Kier alpha value is -3.43. The molecule has 0 saturated carbocycles. The number of amides is 2. The van der Waals surface area contributed by atoms with Gasteiger partial charge >= 0.3 is 0 Å². The van der Waals surface area contributed by atoms with E-state index in [1.807, 2.05) is 42.5 Å². The van der Waals surface area contributed by atoms with E-state index in [2.05, 4.69) is 66.5 Å². The summed E-state index contributed by atoms with van der Waals surface area (Å²) in [6.45, 7) is 5.98. The number of nitrogens with zero attached hydrogens (tertiary/aromatic N) is 2. The lowest BCUT2D eigenvalue weighted by molar-refractivity contribution is -0.117. The number of rotatable bonds is 10. The van der Waals surface area contributed by atoms with Gasteiger partial charge in [-0.1, -0.05) is 46.3 Å². The predicted octanol–water partition coefficient (Wildman–Crippen LogP) is 5.99. The third kappa shape index (κ3) is 7.77. The van der Waals surface area contributed by atoms with Gasteiger partial charge in [-0.2, -0.15) is 5.10 Å². The summed E-state index contributed by atoms with van der Waals surface area (Å²) in [5.74, 6) is -0.396. The molecule has 0 atom stereocenters. The number of ether oxygens (including phenoxy) is 1. The molecular formula is C28H28Br2N4O3. The fourth-order valence-electron chi connectivity index (χ4n) is 3.59. The van der Waals surface area contributed by atoms with E-state index in [-0.39, 0.29) is 5.70 Å². The maximum atomic E-state index is 13.1. The summed E-state index contributed by atoms with van der Waals surface area (Å²) < 4.78 is 6.97. The first-order valence-corrected chi connectivity index (χ1v) is 13.2. The van der Waals surface area contributed by atoms with Crippen molar-refractivity contribution in [2.75, 3.05) is 25.1 Å². The fourth-order valence-corrected chi connectivity index (χ4v) is 5.01. The molecular weight excluding hydrogens is 600 g/mol. The largest absolute Gasteiger partial charge is 0.495 e. The molecule has 3 aromatic rings. The summed E-state index contributed by atoms with van der Waals surface area (Å²) in [5.41, 5.74) is 5.49. The summed E-state index contributed by atoms with van der Waals surface area (Å²) in [6.07, 6.45) is 3.09. The van der Waals surface area contributed by atoms with E-state index >= 15 is 0 Å². The van der Waals surface area contributed by atoms with Crippen LogP contribution in [-0.2, 0) is 4.79 Å². The Morgan fingerprint density at radius 3 is 2.30 bits per heavy atom. The highest BCUT2D eigenvalue weighted by atomic mass is 79.9. The second-order valence-electron chi connectivity index (χ2n) is 7.85. The van der Waals surface area contributed by atoms with Gasteiger partial charge in [0.15, 0.2) is 0 Å². The minimum Gasteiger partial charge on any atom is -0.495 e. The molecule has 0 aliphatic carbocycles. The molecule has 0 aliphatic heterocycles. The van der Waals surface area contributed by atoms with Crippen molar-refractivity contribution >= 4 is 61.7 Å². The molecule has 0 heterocycles. The second-order valence-corrected chi connectivity index (χ2v) is 9.62. The summed E-state index contributed by atoms with van der Waals surface area (Å²) in [5, 5.41) is 6.81. The number of anilines is 1. The van der Waals surface area contributed by atoms with Gasteiger partial charge in [0.1, 0.15) is 11.4 Å². The zero-order chi connectivity index (χ0) is 26.8. The van der Waals surface area contributed by atoms with Crippen molar-refractivity contribution < 1.29 is 14.3 Å². The van der Waals surface area contributed by atoms with Crippen molar-refractivity contribution in [2.45, 2.75) is 13.8 Å². The molecule has 3 rings (SSSR count). The maximum Gasteiger partial charge on any atom is 0.287 e. The lowest BCUT2D eigenvalue weighted by Gasteiger charge is -2.21. The monoisotopic (exact) mass is 626 g/mol. The van der Waals surface area contributed by atoms with Crippen LogP contribution in [0.3, 0.4) is 0 Å². The molecule has 0 bridgehead atoms. The number of methoxy groups -OCH3 is 1. The molecule has 0 aromatic heterocycles. The molecule has 0 radical (unpaired) electrons. The highest BCUT2D eigenvalue weighted by Gasteiger charge is 2.15. The first-order valence-electron chi connectivity index (χ1n) is 11.7. The maximum absolute atomic E-state index is 13.1. The molecule has 3 aromatic carbocycles. The van der Waals surface area contributed by atoms with Crippen molar-refractivity contribution in [2.24, 2.45) is 5.10 Å². The van der Waals surface area contributed by atoms with Crippen LogP contribution in [0.25, 0.3) is 6.08 Å². The Labute approximate surface area is 233 Å². The molecule has 7 nitrogen and oxygen atoms in total. The quantitative estimate of drug-likeness (QED) is 0.164. The first kappa shape index (κ1) is 28.1. The van der Waals surface area contributed by atoms with Gasteiger partial charge in [0.25, 0.3) is 11.8 Å². The molecule has 0 fully saturated rings. The number of hydrogen-bond acceptors (Lipinski definition) is 5. The minimum absolute atomic E-state index is 0.0592. The van der Waals surface area contributed by atoms with E-state index in [1.165, 1.54) is 6.21 Å². The van der Waals surface area contributed by atoms with Crippen LogP contribution in [0.2, 0.25) is 0 Å². The number of hydrazone groups is 1. The minimum atomic E-state index is -0.568. The molecule has 37 heavy (non-hydrogen) atoms. The molecule has 0 spiro atoms. The zero-order valence-electron chi connectivity index (χ0n) is 20.8. The van der Waals surface area contributed by atoms with E-state index in [9.17, 15) is 9.59 Å². The number of benzene rings is 3. The van der Waals surface area contributed by atoms with Gasteiger partial charge in [-0.3, -0.25) is 9.59 Å². The van der Waals surface area contributed by atoms with Gasteiger partial charge in [0, 0.05) is 34.4 Å². The van der Waals surface area contributed by atoms with Crippen molar-refractivity contribution in [3.05, 3.63) is 98.1 Å². The van der Waals surface area contributed by atoms with E-state index in [1.54, 1.807) is 37.5 Å².